The van der Waals surface area contributed by atoms with E-state index < -0.39 is 28.5 Å². The molecule has 1 fully saturated rings. The van der Waals surface area contributed by atoms with E-state index in [0.717, 1.165) is 47.4 Å². The number of methoxy groups -OCH3 is 2. The molecule has 0 heterocycles. The van der Waals surface area contributed by atoms with Crippen molar-refractivity contribution >= 4 is 27.5 Å². The van der Waals surface area contributed by atoms with E-state index >= 15 is 0 Å². The van der Waals surface area contributed by atoms with Crippen LogP contribution in [0.2, 0.25) is 0 Å². The monoisotopic (exact) mass is 545 g/mol. The molecule has 0 aliphatic heterocycles. The molecule has 38 heavy (non-hydrogen) atoms. The highest BCUT2D eigenvalue weighted by atomic mass is 32.2. The number of nitrogens with zero attached hydrogens (tertiary/aromatic N) is 2. The molecule has 2 aromatic rings. The quantitative estimate of drug-likeness (QED) is 0.437. The lowest BCUT2D eigenvalue weighted by molar-refractivity contribution is -0.140. The van der Waals surface area contributed by atoms with E-state index in [1.165, 1.54) is 25.2 Å². The maximum absolute atomic E-state index is 13.9. The molecule has 0 unspecified atom stereocenters. The normalized spacial score (nSPS) is 14.6. The van der Waals surface area contributed by atoms with E-state index in [1.54, 1.807) is 12.1 Å². The van der Waals surface area contributed by atoms with Crippen LogP contribution in [-0.4, -0.2) is 64.2 Å². The van der Waals surface area contributed by atoms with Crippen LogP contribution in [0.1, 0.15) is 50.2 Å². The Morgan fingerprint density at radius 1 is 1.08 bits per heavy atom. The van der Waals surface area contributed by atoms with Crippen molar-refractivity contribution in [2.24, 2.45) is 0 Å². The summed E-state index contributed by atoms with van der Waals surface area (Å²) >= 11 is 0. The Labute approximate surface area is 226 Å². The molecule has 1 aliphatic carbocycles. The Hall–Kier alpha value is -3.27. The molecule has 0 aromatic heterocycles. The van der Waals surface area contributed by atoms with E-state index in [9.17, 15) is 18.0 Å². The first-order chi connectivity index (χ1) is 18.1. The number of benzene rings is 2. The van der Waals surface area contributed by atoms with Crippen LogP contribution in [0.3, 0.4) is 0 Å². The molecule has 0 saturated heterocycles. The molecule has 2 amide bonds. The van der Waals surface area contributed by atoms with E-state index in [0.29, 0.717) is 12.2 Å². The van der Waals surface area contributed by atoms with Gasteiger partial charge in [0.1, 0.15) is 24.1 Å². The zero-order valence-corrected chi connectivity index (χ0v) is 23.7. The molecule has 0 spiro atoms. The molecule has 1 aliphatic rings. The maximum Gasteiger partial charge on any atom is 0.244 e. The van der Waals surface area contributed by atoms with Crippen LogP contribution in [0.5, 0.6) is 11.5 Å². The molecule has 208 valence electrons. The van der Waals surface area contributed by atoms with Crippen molar-refractivity contribution < 1.29 is 27.5 Å². The first-order valence-electron chi connectivity index (χ1n) is 12.9. The number of ether oxygens (including phenoxy) is 2. The average molecular weight is 546 g/mol. The summed E-state index contributed by atoms with van der Waals surface area (Å²) < 4.78 is 37.6. The highest BCUT2D eigenvalue weighted by Gasteiger charge is 2.33. The smallest absolute Gasteiger partial charge is 0.244 e. The Kier molecular flexibility index (Phi) is 10.0. The fraction of sp³-hybridized carbons (Fsp3) is 0.500. The summed E-state index contributed by atoms with van der Waals surface area (Å²) in [5, 5.41) is 3.11. The number of hydrogen-bond donors (Lipinski definition) is 1. The van der Waals surface area contributed by atoms with Gasteiger partial charge in [0.25, 0.3) is 0 Å². The van der Waals surface area contributed by atoms with Gasteiger partial charge in [0.05, 0.1) is 26.2 Å². The number of nitrogens with one attached hydrogen (secondary N) is 1. The molecule has 9 nitrogen and oxygen atoms in total. The highest BCUT2D eigenvalue weighted by molar-refractivity contribution is 7.92. The van der Waals surface area contributed by atoms with Crippen LogP contribution in [-0.2, 0) is 26.2 Å². The second kappa shape index (κ2) is 13.0. The van der Waals surface area contributed by atoms with Crippen molar-refractivity contribution in [3.05, 3.63) is 53.6 Å². The third-order valence-corrected chi connectivity index (χ3v) is 7.98. The van der Waals surface area contributed by atoms with Gasteiger partial charge in [-0.2, -0.15) is 0 Å². The molecule has 0 radical (unpaired) electrons. The molecular weight excluding hydrogens is 506 g/mol. The van der Waals surface area contributed by atoms with E-state index in [-0.39, 0.29) is 29.9 Å². The number of amides is 2. The lowest BCUT2D eigenvalue weighted by Crippen LogP contribution is -2.53. The average Bonchev–Trinajstić information content (AvgIpc) is 3.39. The maximum atomic E-state index is 13.9. The first kappa shape index (κ1) is 29.3. The summed E-state index contributed by atoms with van der Waals surface area (Å²) in [6, 6.07) is 11.8. The number of aryl methyl sites for hydroxylation is 1. The van der Waals surface area contributed by atoms with Crippen LogP contribution < -0.4 is 19.1 Å². The lowest BCUT2D eigenvalue weighted by Gasteiger charge is -2.33. The molecular formula is C28H39N3O6S. The molecule has 1 saturated carbocycles. The van der Waals surface area contributed by atoms with Gasteiger partial charge in [-0.1, -0.05) is 49.6 Å². The van der Waals surface area contributed by atoms with Crippen molar-refractivity contribution in [3.8, 4) is 11.5 Å². The van der Waals surface area contributed by atoms with Gasteiger partial charge in [0.2, 0.25) is 21.8 Å². The Morgan fingerprint density at radius 2 is 1.79 bits per heavy atom. The zero-order valence-electron chi connectivity index (χ0n) is 22.9. The topological polar surface area (TPSA) is 105 Å². The van der Waals surface area contributed by atoms with Crippen LogP contribution >= 0.6 is 0 Å². The molecule has 1 atom stereocenters. The van der Waals surface area contributed by atoms with Crippen LogP contribution in [0.25, 0.3) is 0 Å². The van der Waals surface area contributed by atoms with Gasteiger partial charge in [-0.3, -0.25) is 13.9 Å². The molecule has 0 bridgehead atoms. The van der Waals surface area contributed by atoms with Gasteiger partial charge >= 0.3 is 0 Å². The fourth-order valence-electron chi connectivity index (χ4n) is 4.88. The second-order valence-electron chi connectivity index (χ2n) is 9.73. The van der Waals surface area contributed by atoms with Crippen molar-refractivity contribution in [2.45, 2.75) is 64.6 Å². The molecule has 3 rings (SSSR count). The second-order valence-corrected chi connectivity index (χ2v) is 11.6. The summed E-state index contributed by atoms with van der Waals surface area (Å²) in [5.41, 5.74) is 2.06. The summed E-state index contributed by atoms with van der Waals surface area (Å²) in [7, 11) is -1.00. The van der Waals surface area contributed by atoms with E-state index in [2.05, 4.69) is 5.32 Å². The fourth-order valence-corrected chi connectivity index (χ4v) is 5.73. The predicted octanol–water partition coefficient (Wildman–Crippen LogP) is 3.64. The van der Waals surface area contributed by atoms with Gasteiger partial charge in [-0.15, -0.1) is 0 Å². The van der Waals surface area contributed by atoms with Crippen molar-refractivity contribution in [1.82, 2.24) is 10.2 Å². The van der Waals surface area contributed by atoms with Crippen molar-refractivity contribution in [3.63, 3.8) is 0 Å². The van der Waals surface area contributed by atoms with Gasteiger partial charge in [-0.25, -0.2) is 8.42 Å². The highest BCUT2D eigenvalue weighted by Crippen LogP contribution is 2.34. The summed E-state index contributed by atoms with van der Waals surface area (Å²) in [6.45, 7) is 3.49. The lowest BCUT2D eigenvalue weighted by atomic mass is 10.1. The van der Waals surface area contributed by atoms with Crippen LogP contribution in [0.4, 0.5) is 5.69 Å². The van der Waals surface area contributed by atoms with Gasteiger partial charge in [0.15, 0.2) is 0 Å². The number of sulfonamides is 1. The number of rotatable bonds is 12. The van der Waals surface area contributed by atoms with Crippen LogP contribution in [0, 0.1) is 6.92 Å². The van der Waals surface area contributed by atoms with Crippen molar-refractivity contribution in [2.75, 3.05) is 31.3 Å². The zero-order chi connectivity index (χ0) is 27.9. The van der Waals surface area contributed by atoms with Crippen molar-refractivity contribution in [1.29, 1.82) is 0 Å². The van der Waals surface area contributed by atoms with Gasteiger partial charge in [-0.05, 0) is 43.9 Å². The molecule has 10 heteroatoms. The van der Waals surface area contributed by atoms with E-state index in [1.807, 2.05) is 38.1 Å². The van der Waals surface area contributed by atoms with Crippen LogP contribution in [0.15, 0.2) is 42.5 Å². The number of anilines is 1. The Balaban J connectivity index is 1.98. The number of carbonyl (C=O) groups excluding carboxylic acids is 2. The largest absolute Gasteiger partial charge is 0.497 e. The van der Waals surface area contributed by atoms with E-state index in [4.69, 9.17) is 9.47 Å². The third-order valence-electron chi connectivity index (χ3n) is 6.86. The van der Waals surface area contributed by atoms with Gasteiger partial charge in [0, 0.05) is 18.7 Å². The third kappa shape index (κ3) is 7.40. The summed E-state index contributed by atoms with van der Waals surface area (Å²) in [6.07, 6.45) is 5.40. The minimum Gasteiger partial charge on any atom is -0.497 e. The minimum absolute atomic E-state index is 0.0982. The summed E-state index contributed by atoms with van der Waals surface area (Å²) in [5.74, 6) is -0.0123. The predicted molar refractivity (Wildman–Crippen MR) is 148 cm³/mol. The standard InChI is InChI=1S/C28H39N3O6S/c1-6-24(28(33)29-22-12-7-8-13-22)30(18-21-11-9-10-20(2)16-21)27(32)19-31(38(5,34)35)25-17-23(36-3)14-15-26(25)37-4/h9-11,14-17,22,24H,6-8,12-13,18-19H2,1-5H3,(H,29,33)/t24-/m0/s1. The first-order valence-corrected chi connectivity index (χ1v) is 14.8. The SMILES string of the molecule is CC[C@@H](C(=O)NC1CCCC1)N(Cc1cccc(C)c1)C(=O)CN(c1cc(OC)ccc1OC)S(C)(=O)=O. The number of carbonyl (C=O) groups is 2. The molecule has 1 N–H and O–H groups in total. The summed E-state index contributed by atoms with van der Waals surface area (Å²) in [4.78, 5) is 28.8. The van der Waals surface area contributed by atoms with Gasteiger partial charge < -0.3 is 19.7 Å². The Bertz CT molecular complexity index is 1230. The molecule has 2 aromatic carbocycles. The minimum atomic E-state index is -3.91. The number of hydrogen-bond acceptors (Lipinski definition) is 6. The Morgan fingerprint density at radius 3 is 2.37 bits per heavy atom.